The van der Waals surface area contributed by atoms with Crippen LogP contribution in [0.4, 0.5) is 17.3 Å². The normalized spacial score (nSPS) is 10.6. The third-order valence-electron chi connectivity index (χ3n) is 3.14. The minimum atomic E-state index is 0.305. The van der Waals surface area contributed by atoms with Crippen molar-refractivity contribution in [2.75, 3.05) is 25.3 Å². The van der Waals surface area contributed by atoms with E-state index >= 15 is 0 Å². The van der Waals surface area contributed by atoms with Crippen molar-refractivity contribution < 1.29 is 13.9 Å². The van der Waals surface area contributed by atoms with E-state index in [1.54, 1.807) is 32.7 Å². The predicted molar refractivity (Wildman–Crippen MR) is 81.3 cm³/mol. The molecular weight excluding hydrogens is 270 g/mol. The molecule has 6 nitrogen and oxygen atoms in total. The Hall–Kier alpha value is -2.89. The summed E-state index contributed by atoms with van der Waals surface area (Å²) in [5.41, 5.74) is 8.04. The van der Waals surface area contributed by atoms with Crippen LogP contribution in [0.3, 0.4) is 0 Å². The van der Waals surface area contributed by atoms with Gasteiger partial charge in [-0.15, -0.1) is 0 Å². The number of methoxy groups -OCH3 is 2. The van der Waals surface area contributed by atoms with Gasteiger partial charge in [0.2, 0.25) is 5.88 Å². The Morgan fingerprint density at radius 3 is 2.52 bits per heavy atom. The van der Waals surface area contributed by atoms with Gasteiger partial charge < -0.3 is 24.9 Å². The fraction of sp³-hybridized carbons (Fsp3) is 0.133. The van der Waals surface area contributed by atoms with Gasteiger partial charge in [0.05, 0.1) is 20.4 Å². The molecule has 0 aliphatic carbocycles. The summed E-state index contributed by atoms with van der Waals surface area (Å²) in [6.07, 6.45) is 3.32. The van der Waals surface area contributed by atoms with E-state index in [4.69, 9.17) is 19.6 Å². The highest BCUT2D eigenvalue weighted by atomic mass is 16.5. The Kier molecular flexibility index (Phi) is 3.27. The lowest BCUT2D eigenvalue weighted by Gasteiger charge is -2.10. The number of hydrogen-bond donors (Lipinski definition) is 2. The number of anilines is 3. The van der Waals surface area contributed by atoms with Crippen molar-refractivity contribution >= 4 is 28.2 Å². The van der Waals surface area contributed by atoms with E-state index in [9.17, 15) is 0 Å². The summed E-state index contributed by atoms with van der Waals surface area (Å²) in [6, 6.07) is 7.34. The Morgan fingerprint density at radius 1 is 1.14 bits per heavy atom. The van der Waals surface area contributed by atoms with Crippen molar-refractivity contribution in [3.63, 3.8) is 0 Å². The standard InChI is InChI=1S/C15H15N3O3/c1-19-10-5-9(6-11(7-10)20-2)18-14-12-3-4-17-8-13(12)21-15(14)16/h3-8,18H,16H2,1-2H3. The highest BCUT2D eigenvalue weighted by molar-refractivity contribution is 5.98. The maximum atomic E-state index is 5.92. The van der Waals surface area contributed by atoms with E-state index in [0.29, 0.717) is 28.7 Å². The topological polar surface area (TPSA) is 82.5 Å². The van der Waals surface area contributed by atoms with Crippen molar-refractivity contribution in [1.29, 1.82) is 0 Å². The summed E-state index contributed by atoms with van der Waals surface area (Å²) in [5.74, 6) is 1.68. The number of fused-ring (bicyclic) bond motifs is 1. The van der Waals surface area contributed by atoms with E-state index < -0.39 is 0 Å². The van der Waals surface area contributed by atoms with Crippen LogP contribution in [-0.4, -0.2) is 19.2 Å². The van der Waals surface area contributed by atoms with Crippen LogP contribution >= 0.6 is 0 Å². The number of rotatable bonds is 4. The van der Waals surface area contributed by atoms with Crippen molar-refractivity contribution in [3.8, 4) is 11.5 Å². The monoisotopic (exact) mass is 285 g/mol. The van der Waals surface area contributed by atoms with Gasteiger partial charge in [-0.1, -0.05) is 0 Å². The fourth-order valence-electron chi connectivity index (χ4n) is 2.12. The molecule has 0 aliphatic heterocycles. The molecule has 0 radical (unpaired) electrons. The number of aromatic nitrogens is 1. The zero-order valence-corrected chi connectivity index (χ0v) is 11.7. The van der Waals surface area contributed by atoms with Gasteiger partial charge in [-0.3, -0.25) is 4.98 Å². The molecule has 0 bridgehead atoms. The maximum Gasteiger partial charge on any atom is 0.215 e. The molecule has 6 heteroatoms. The summed E-state index contributed by atoms with van der Waals surface area (Å²) in [6.45, 7) is 0. The number of nitrogens with one attached hydrogen (secondary N) is 1. The number of furan rings is 1. The number of pyridine rings is 1. The highest BCUT2D eigenvalue weighted by Crippen LogP contribution is 2.36. The van der Waals surface area contributed by atoms with E-state index in [1.807, 2.05) is 18.2 Å². The lowest BCUT2D eigenvalue weighted by molar-refractivity contribution is 0.395. The molecule has 0 atom stereocenters. The summed E-state index contributed by atoms with van der Waals surface area (Å²) >= 11 is 0. The number of ether oxygens (including phenoxy) is 2. The third-order valence-corrected chi connectivity index (χ3v) is 3.14. The average molecular weight is 285 g/mol. The minimum Gasteiger partial charge on any atom is -0.497 e. The van der Waals surface area contributed by atoms with Crippen LogP contribution in [0.1, 0.15) is 0 Å². The smallest absolute Gasteiger partial charge is 0.215 e. The van der Waals surface area contributed by atoms with Gasteiger partial charge in [-0.25, -0.2) is 0 Å². The van der Waals surface area contributed by atoms with Crippen LogP contribution in [0.5, 0.6) is 11.5 Å². The minimum absolute atomic E-state index is 0.305. The number of nitrogen functional groups attached to an aromatic ring is 1. The van der Waals surface area contributed by atoms with Crippen LogP contribution < -0.4 is 20.5 Å². The van der Waals surface area contributed by atoms with Crippen LogP contribution in [0.15, 0.2) is 41.1 Å². The molecule has 108 valence electrons. The highest BCUT2D eigenvalue weighted by Gasteiger charge is 2.12. The lowest BCUT2D eigenvalue weighted by Crippen LogP contribution is -1.95. The zero-order valence-electron chi connectivity index (χ0n) is 11.7. The quantitative estimate of drug-likeness (QED) is 0.766. The Morgan fingerprint density at radius 2 is 1.86 bits per heavy atom. The molecule has 0 saturated carbocycles. The first kappa shape index (κ1) is 13.1. The Balaban J connectivity index is 2.04. The summed E-state index contributed by atoms with van der Waals surface area (Å²) < 4.78 is 16.0. The van der Waals surface area contributed by atoms with E-state index in [-0.39, 0.29) is 0 Å². The van der Waals surface area contributed by atoms with Crippen molar-refractivity contribution in [3.05, 3.63) is 36.7 Å². The van der Waals surface area contributed by atoms with Gasteiger partial charge in [-0.05, 0) is 6.07 Å². The molecule has 3 aromatic rings. The zero-order chi connectivity index (χ0) is 14.8. The molecule has 0 fully saturated rings. The van der Waals surface area contributed by atoms with Gasteiger partial charge in [0.15, 0.2) is 5.58 Å². The summed E-state index contributed by atoms with van der Waals surface area (Å²) in [4.78, 5) is 4.01. The van der Waals surface area contributed by atoms with E-state index in [1.165, 1.54) is 0 Å². The van der Waals surface area contributed by atoms with Crippen molar-refractivity contribution in [2.45, 2.75) is 0 Å². The van der Waals surface area contributed by atoms with Crippen molar-refractivity contribution in [2.24, 2.45) is 0 Å². The average Bonchev–Trinajstić information content (AvgIpc) is 2.83. The first-order chi connectivity index (χ1) is 10.2. The molecule has 3 N–H and O–H groups in total. The van der Waals surface area contributed by atoms with Gasteiger partial charge in [-0.2, -0.15) is 0 Å². The van der Waals surface area contributed by atoms with Gasteiger partial charge >= 0.3 is 0 Å². The molecule has 3 rings (SSSR count). The Labute approximate surface area is 121 Å². The SMILES string of the molecule is COc1cc(Nc2c(N)oc3cnccc23)cc(OC)c1. The predicted octanol–water partition coefficient (Wildman–Crippen LogP) is 3.17. The van der Waals surface area contributed by atoms with E-state index in [2.05, 4.69) is 10.3 Å². The molecule has 0 saturated heterocycles. The molecular formula is C15H15N3O3. The van der Waals surface area contributed by atoms with Crippen molar-refractivity contribution in [1.82, 2.24) is 4.98 Å². The molecule has 21 heavy (non-hydrogen) atoms. The Bertz CT molecular complexity index is 761. The summed E-state index contributed by atoms with van der Waals surface area (Å²) in [5, 5.41) is 4.10. The molecule has 0 unspecified atom stereocenters. The number of nitrogens with two attached hydrogens (primary N) is 1. The van der Waals surface area contributed by atoms with E-state index in [0.717, 1.165) is 11.1 Å². The molecule has 2 aromatic heterocycles. The first-order valence-corrected chi connectivity index (χ1v) is 6.33. The second-order valence-corrected chi connectivity index (χ2v) is 4.44. The molecule has 0 amide bonds. The second kappa shape index (κ2) is 5.24. The number of benzene rings is 1. The molecule has 2 heterocycles. The third kappa shape index (κ3) is 2.43. The molecule has 0 aliphatic rings. The lowest BCUT2D eigenvalue weighted by atomic mass is 10.2. The van der Waals surface area contributed by atoms with Crippen LogP contribution in [0.2, 0.25) is 0 Å². The second-order valence-electron chi connectivity index (χ2n) is 4.44. The number of nitrogens with zero attached hydrogens (tertiary/aromatic N) is 1. The largest absolute Gasteiger partial charge is 0.497 e. The first-order valence-electron chi connectivity index (χ1n) is 6.33. The van der Waals surface area contributed by atoms with Gasteiger partial charge in [0.1, 0.15) is 17.2 Å². The molecule has 0 spiro atoms. The van der Waals surface area contributed by atoms with Gasteiger partial charge in [0.25, 0.3) is 0 Å². The van der Waals surface area contributed by atoms with Gasteiger partial charge in [0, 0.05) is 35.5 Å². The fourth-order valence-corrected chi connectivity index (χ4v) is 2.12. The van der Waals surface area contributed by atoms with Crippen LogP contribution in [-0.2, 0) is 0 Å². The maximum absolute atomic E-state index is 5.92. The number of hydrogen-bond acceptors (Lipinski definition) is 6. The van der Waals surface area contributed by atoms with Crippen LogP contribution in [0.25, 0.3) is 11.0 Å². The van der Waals surface area contributed by atoms with Crippen LogP contribution in [0, 0.1) is 0 Å². The summed E-state index contributed by atoms with van der Waals surface area (Å²) in [7, 11) is 3.21. The molecule has 1 aromatic carbocycles.